The van der Waals surface area contributed by atoms with E-state index in [1.807, 2.05) is 0 Å². The Balaban J connectivity index is 1.34. The number of benzene rings is 3. The van der Waals surface area contributed by atoms with Crippen LogP contribution >= 0.6 is 0 Å². The molecule has 7 rings (SSSR count). The lowest BCUT2D eigenvalue weighted by atomic mass is 9.94. The highest BCUT2D eigenvalue weighted by molar-refractivity contribution is 5.92. The van der Waals surface area contributed by atoms with Crippen molar-refractivity contribution >= 4 is 17.9 Å². The van der Waals surface area contributed by atoms with Crippen molar-refractivity contribution in [1.29, 1.82) is 0 Å². The van der Waals surface area contributed by atoms with Gasteiger partial charge >= 0.3 is 17.9 Å². The van der Waals surface area contributed by atoms with Gasteiger partial charge in [0.25, 0.3) is 0 Å². The monoisotopic (exact) mass is 771 g/mol. The molecule has 0 atom stereocenters. The van der Waals surface area contributed by atoms with Crippen LogP contribution < -0.4 is 42.6 Å². The van der Waals surface area contributed by atoms with Gasteiger partial charge in [-0.15, -0.1) is 0 Å². The molecule has 3 aromatic heterocycles. The number of pyridine rings is 3. The third-order valence-electron chi connectivity index (χ3n) is 9.32. The zero-order chi connectivity index (χ0) is 40.2. The van der Waals surface area contributed by atoms with E-state index in [1.165, 1.54) is 94.9 Å². The van der Waals surface area contributed by atoms with Crippen LogP contribution in [0.2, 0.25) is 0 Å². The molecule has 0 bridgehead atoms. The van der Waals surface area contributed by atoms with Gasteiger partial charge < -0.3 is 44.0 Å². The number of methoxy groups -OCH3 is 3. The van der Waals surface area contributed by atoms with E-state index >= 15 is 0 Å². The molecule has 0 radical (unpaired) electrons. The van der Waals surface area contributed by atoms with Gasteiger partial charge in [0.2, 0.25) is 0 Å². The fourth-order valence-electron chi connectivity index (χ4n) is 6.38. The van der Waals surface area contributed by atoms with Gasteiger partial charge in [-0.05, 0) is 89.0 Å². The lowest BCUT2D eigenvalue weighted by Crippen LogP contribution is -2.24. The molecule has 0 spiro atoms. The van der Waals surface area contributed by atoms with Gasteiger partial charge in [-0.1, -0.05) is 0 Å². The van der Waals surface area contributed by atoms with Crippen LogP contribution in [0.4, 0.5) is 0 Å². The number of aromatic nitrogens is 3. The second-order valence-corrected chi connectivity index (χ2v) is 12.9. The molecule has 0 saturated heterocycles. The van der Waals surface area contributed by atoms with E-state index in [9.17, 15) is 30.0 Å². The summed E-state index contributed by atoms with van der Waals surface area (Å²) in [4.78, 5) is 39.6. The summed E-state index contributed by atoms with van der Waals surface area (Å²) in [6.07, 6.45) is 8.03. The SMILES string of the molecule is COc1cc2c(cc1OC(=O)c1cc[n+]([O-])cc1)Cc1cc(OC)c(OC(=O)c3cc[n+]([O-])cc3)cc1Cc1cc(OC)c(OC(=O)c3cc[n+]([O-])cc3)cc1C2. The van der Waals surface area contributed by atoms with Crippen LogP contribution in [0.5, 0.6) is 34.5 Å². The fourth-order valence-corrected chi connectivity index (χ4v) is 6.38. The third-order valence-corrected chi connectivity index (χ3v) is 9.32. The molecule has 3 heterocycles. The minimum atomic E-state index is -0.707. The first-order valence-corrected chi connectivity index (χ1v) is 17.3. The van der Waals surface area contributed by atoms with Crippen LogP contribution in [0.15, 0.2) is 110 Å². The molecule has 57 heavy (non-hydrogen) atoms. The number of rotatable bonds is 9. The van der Waals surface area contributed by atoms with Crippen molar-refractivity contribution in [2.75, 3.05) is 21.3 Å². The Morgan fingerprint density at radius 1 is 0.404 bits per heavy atom. The van der Waals surface area contributed by atoms with Crippen molar-refractivity contribution in [2.24, 2.45) is 0 Å². The van der Waals surface area contributed by atoms with Crippen LogP contribution in [0.3, 0.4) is 0 Å². The summed E-state index contributed by atoms with van der Waals surface area (Å²) >= 11 is 0. The largest absolute Gasteiger partial charge is 0.619 e. The number of esters is 3. The van der Waals surface area contributed by atoms with Gasteiger partial charge in [0.1, 0.15) is 0 Å². The Kier molecular flexibility index (Phi) is 10.5. The maximum atomic E-state index is 13.2. The molecule has 0 amide bonds. The number of carbonyl (C=O) groups is 3. The second-order valence-electron chi connectivity index (χ2n) is 12.9. The van der Waals surface area contributed by atoms with Gasteiger partial charge in [-0.2, -0.15) is 14.2 Å². The first-order valence-electron chi connectivity index (χ1n) is 17.3. The zero-order valence-electron chi connectivity index (χ0n) is 30.8. The molecule has 0 unspecified atom stereocenters. The van der Waals surface area contributed by atoms with Crippen molar-refractivity contribution < 1.29 is 57.0 Å². The number of carbonyl (C=O) groups excluding carboxylic acids is 3. The molecule has 1 aliphatic rings. The lowest BCUT2D eigenvalue weighted by Gasteiger charge is -2.17. The zero-order valence-corrected chi connectivity index (χ0v) is 30.8. The summed E-state index contributed by atoms with van der Waals surface area (Å²) < 4.78 is 36.2. The van der Waals surface area contributed by atoms with E-state index in [0.717, 1.165) is 33.4 Å². The van der Waals surface area contributed by atoms with E-state index in [4.69, 9.17) is 28.4 Å². The number of hydrogen-bond donors (Lipinski definition) is 0. The Hall–Kier alpha value is -7.68. The topological polar surface area (TPSA) is 187 Å². The fraction of sp³-hybridized carbons (Fsp3) is 0.143. The summed E-state index contributed by atoms with van der Waals surface area (Å²) in [5.74, 6) is -0.931. The number of ether oxygens (including phenoxy) is 6. The second kappa shape index (κ2) is 16.0. The Bertz CT molecular complexity index is 2230. The molecule has 1 aliphatic carbocycles. The Labute approximate surface area is 325 Å². The third kappa shape index (κ3) is 8.22. The first-order chi connectivity index (χ1) is 27.5. The molecule has 0 N–H and O–H groups in total. The highest BCUT2D eigenvalue weighted by Gasteiger charge is 2.25. The number of hydrogen-bond acceptors (Lipinski definition) is 12. The van der Waals surface area contributed by atoms with E-state index in [1.54, 1.807) is 36.4 Å². The molecule has 6 aromatic rings. The van der Waals surface area contributed by atoms with Crippen LogP contribution in [0.1, 0.15) is 64.5 Å². The molecular formula is C42H33N3O12. The van der Waals surface area contributed by atoms with E-state index in [-0.39, 0.29) is 51.2 Å². The lowest BCUT2D eigenvalue weighted by molar-refractivity contribution is -0.605. The Morgan fingerprint density at radius 3 is 0.825 bits per heavy atom. The smallest absolute Gasteiger partial charge is 0.344 e. The van der Waals surface area contributed by atoms with Crippen molar-refractivity contribution in [1.82, 2.24) is 0 Å². The van der Waals surface area contributed by atoms with E-state index in [0.29, 0.717) is 33.5 Å². The predicted molar refractivity (Wildman–Crippen MR) is 198 cm³/mol. The quantitative estimate of drug-likeness (QED) is 0.0875. The van der Waals surface area contributed by atoms with Gasteiger partial charge in [-0.25, -0.2) is 14.4 Å². The van der Waals surface area contributed by atoms with Crippen LogP contribution in [-0.4, -0.2) is 39.2 Å². The predicted octanol–water partition coefficient (Wildman–Crippen LogP) is 4.36. The summed E-state index contributed by atoms with van der Waals surface area (Å²) in [5.41, 5.74) is 5.03. The average Bonchev–Trinajstić information content (AvgIpc) is 3.26. The van der Waals surface area contributed by atoms with Crippen molar-refractivity contribution in [3.63, 3.8) is 0 Å². The first kappa shape index (κ1) is 37.6. The number of fused-ring (bicyclic) bond motifs is 3. The standard InChI is InChI=1S/C42H33N3O12/c1-52-34-19-28-16-32-23-38(56-41(47)26-6-12-44(50)13-7-26)36(54-3)21-30(32)18-33-24-39(57-42(48)27-8-14-45(51)15-9-27)35(53-2)20-29(33)17-31(28)22-37(34)55-40(46)25-4-10-43(49)11-5-25/h4-15,19-24H,16-18H2,1-3H3. The molecule has 0 aliphatic heterocycles. The molecule has 288 valence electrons. The molecule has 3 aromatic carbocycles. The van der Waals surface area contributed by atoms with Crippen LogP contribution in [0.25, 0.3) is 0 Å². The van der Waals surface area contributed by atoms with Crippen LogP contribution in [0, 0.1) is 15.6 Å². The minimum absolute atomic E-state index is 0.132. The van der Waals surface area contributed by atoms with Gasteiger partial charge in [0.05, 0.1) is 38.0 Å². The summed E-state index contributed by atoms with van der Waals surface area (Å²) in [5, 5.41) is 34.7. The maximum Gasteiger partial charge on any atom is 0.344 e. The normalized spacial score (nSPS) is 11.6. The average molecular weight is 772 g/mol. The van der Waals surface area contributed by atoms with Gasteiger partial charge in [-0.3, -0.25) is 0 Å². The van der Waals surface area contributed by atoms with Crippen LogP contribution in [-0.2, 0) is 19.3 Å². The summed E-state index contributed by atoms with van der Waals surface area (Å²) in [6, 6.07) is 18.5. The van der Waals surface area contributed by atoms with Gasteiger partial charge in [0, 0.05) is 36.4 Å². The van der Waals surface area contributed by atoms with E-state index < -0.39 is 17.9 Å². The summed E-state index contributed by atoms with van der Waals surface area (Å²) in [6.45, 7) is 0. The van der Waals surface area contributed by atoms with Crippen molar-refractivity contribution in [3.8, 4) is 34.5 Å². The Morgan fingerprint density at radius 2 is 0.614 bits per heavy atom. The van der Waals surface area contributed by atoms with Gasteiger partial charge in [0.15, 0.2) is 71.7 Å². The number of nitrogens with zero attached hydrogens (tertiary/aromatic N) is 3. The summed E-state index contributed by atoms with van der Waals surface area (Å²) in [7, 11) is 4.34. The molecule has 0 saturated carbocycles. The highest BCUT2D eigenvalue weighted by atomic mass is 16.6. The highest BCUT2D eigenvalue weighted by Crippen LogP contribution is 2.41. The maximum absolute atomic E-state index is 13.2. The molecule has 15 nitrogen and oxygen atoms in total. The van der Waals surface area contributed by atoms with Crippen molar-refractivity contribution in [2.45, 2.75) is 19.3 Å². The van der Waals surface area contributed by atoms with E-state index in [2.05, 4.69) is 0 Å². The minimum Gasteiger partial charge on any atom is -0.619 e. The molecule has 0 fully saturated rings. The van der Waals surface area contributed by atoms with Crippen molar-refractivity contribution in [3.05, 3.63) is 176 Å². The molecular weight excluding hydrogens is 738 g/mol. The molecule has 15 heteroatoms.